The first-order valence-electron chi connectivity index (χ1n) is 7.15. The lowest BCUT2D eigenvalue weighted by molar-refractivity contribution is -0.225. The van der Waals surface area contributed by atoms with E-state index in [0.717, 1.165) is 38.8 Å². The molecule has 18 heavy (non-hydrogen) atoms. The highest BCUT2D eigenvalue weighted by atomic mass is 16.5. The second-order valence-corrected chi connectivity index (χ2v) is 6.24. The quantitative estimate of drug-likeness (QED) is 0.746. The third kappa shape index (κ3) is 1.77. The summed E-state index contributed by atoms with van der Waals surface area (Å²) in [6.07, 6.45) is 4.25. The number of carbonyl (C=O) groups excluding carboxylic acids is 1. The fourth-order valence-corrected chi connectivity index (χ4v) is 3.56. The van der Waals surface area contributed by atoms with Crippen LogP contribution in [0.1, 0.15) is 46.5 Å². The third-order valence-electron chi connectivity index (χ3n) is 4.88. The zero-order valence-electron chi connectivity index (χ0n) is 11.8. The fourth-order valence-electron chi connectivity index (χ4n) is 3.56. The van der Waals surface area contributed by atoms with E-state index >= 15 is 0 Å². The van der Waals surface area contributed by atoms with Gasteiger partial charge in [0, 0.05) is 24.5 Å². The highest BCUT2D eigenvalue weighted by Gasteiger charge is 2.70. The van der Waals surface area contributed by atoms with Gasteiger partial charge < -0.3 is 15.8 Å². The lowest BCUT2D eigenvalue weighted by Crippen LogP contribution is -2.82. The van der Waals surface area contributed by atoms with Crippen LogP contribution in [0.5, 0.6) is 0 Å². The molecule has 3 N–H and O–H groups in total. The summed E-state index contributed by atoms with van der Waals surface area (Å²) >= 11 is 0. The molecule has 4 nitrogen and oxygen atoms in total. The number of hydrogen-bond donors (Lipinski definition) is 2. The Balaban J connectivity index is 2.06. The number of carbonyl (C=O) groups is 1. The number of nitrogens with two attached hydrogens (primary N) is 1. The Morgan fingerprint density at radius 2 is 2.22 bits per heavy atom. The predicted molar refractivity (Wildman–Crippen MR) is 71.1 cm³/mol. The average molecular weight is 254 g/mol. The van der Waals surface area contributed by atoms with E-state index in [-0.39, 0.29) is 23.3 Å². The van der Waals surface area contributed by atoms with Gasteiger partial charge in [-0.05, 0) is 19.3 Å². The van der Waals surface area contributed by atoms with Crippen molar-refractivity contribution in [3.8, 4) is 0 Å². The molecule has 1 heterocycles. The van der Waals surface area contributed by atoms with Crippen molar-refractivity contribution < 1.29 is 9.53 Å². The molecule has 3 atom stereocenters. The molecule has 0 bridgehead atoms. The molecule has 104 valence electrons. The molecular weight excluding hydrogens is 228 g/mol. The summed E-state index contributed by atoms with van der Waals surface area (Å²) in [4.78, 5) is 12.4. The number of nitrogens with one attached hydrogen (secondary N) is 1. The molecule has 1 saturated carbocycles. The molecule has 0 radical (unpaired) electrons. The smallest absolute Gasteiger partial charge is 0.241 e. The Morgan fingerprint density at radius 3 is 2.89 bits per heavy atom. The van der Waals surface area contributed by atoms with Crippen LogP contribution in [0.3, 0.4) is 0 Å². The summed E-state index contributed by atoms with van der Waals surface area (Å²) in [6.45, 7) is 7.75. The van der Waals surface area contributed by atoms with Gasteiger partial charge in [-0.1, -0.05) is 27.2 Å². The lowest BCUT2D eigenvalue weighted by Gasteiger charge is -2.65. The van der Waals surface area contributed by atoms with Crippen molar-refractivity contribution >= 4 is 5.91 Å². The average Bonchev–Trinajstić information content (AvgIpc) is 2.37. The van der Waals surface area contributed by atoms with Gasteiger partial charge in [0.15, 0.2) is 0 Å². The Hall–Kier alpha value is -0.610. The largest absolute Gasteiger partial charge is 0.377 e. The molecule has 1 aliphatic heterocycles. The van der Waals surface area contributed by atoms with E-state index in [1.165, 1.54) is 0 Å². The Morgan fingerprint density at radius 1 is 1.50 bits per heavy atom. The monoisotopic (exact) mass is 254 g/mol. The summed E-state index contributed by atoms with van der Waals surface area (Å²) in [5, 5.41) is 3.00. The summed E-state index contributed by atoms with van der Waals surface area (Å²) < 4.78 is 5.80. The van der Waals surface area contributed by atoms with Crippen LogP contribution in [-0.2, 0) is 9.53 Å². The summed E-state index contributed by atoms with van der Waals surface area (Å²) in [5.74, 6) is 0.190. The number of hydrogen-bond acceptors (Lipinski definition) is 3. The van der Waals surface area contributed by atoms with E-state index in [0.29, 0.717) is 0 Å². The Labute approximate surface area is 110 Å². The minimum absolute atomic E-state index is 0.00713. The van der Waals surface area contributed by atoms with Gasteiger partial charge in [0.1, 0.15) is 5.54 Å². The molecule has 1 saturated heterocycles. The highest BCUT2D eigenvalue weighted by Crippen LogP contribution is 2.57. The zero-order chi connectivity index (χ0) is 13.4. The van der Waals surface area contributed by atoms with Gasteiger partial charge in [-0.2, -0.15) is 0 Å². The van der Waals surface area contributed by atoms with E-state index in [4.69, 9.17) is 10.5 Å². The van der Waals surface area contributed by atoms with Gasteiger partial charge in [-0.15, -0.1) is 0 Å². The molecule has 0 aromatic rings. The SMILES string of the molecule is CCCCNC(=O)C1(N)C2CCCOC2C1(C)C. The number of rotatable bonds is 4. The van der Waals surface area contributed by atoms with Gasteiger partial charge in [0.2, 0.25) is 5.91 Å². The van der Waals surface area contributed by atoms with Crippen molar-refractivity contribution in [2.75, 3.05) is 13.2 Å². The van der Waals surface area contributed by atoms with Gasteiger partial charge in [0.05, 0.1) is 6.10 Å². The summed E-state index contributed by atoms with van der Waals surface area (Å²) in [7, 11) is 0. The second kappa shape index (κ2) is 4.82. The number of unbranched alkanes of at least 4 members (excludes halogenated alkanes) is 1. The van der Waals surface area contributed by atoms with Crippen LogP contribution < -0.4 is 11.1 Å². The van der Waals surface area contributed by atoms with E-state index < -0.39 is 5.54 Å². The van der Waals surface area contributed by atoms with Crippen LogP contribution in [-0.4, -0.2) is 30.7 Å². The van der Waals surface area contributed by atoms with Crippen LogP contribution in [0, 0.1) is 11.3 Å². The molecule has 2 rings (SSSR count). The van der Waals surface area contributed by atoms with Crippen molar-refractivity contribution in [1.82, 2.24) is 5.32 Å². The topological polar surface area (TPSA) is 64.4 Å². The van der Waals surface area contributed by atoms with Crippen molar-refractivity contribution in [3.05, 3.63) is 0 Å². The zero-order valence-corrected chi connectivity index (χ0v) is 11.8. The predicted octanol–water partition coefficient (Wildman–Crippen LogP) is 1.44. The van der Waals surface area contributed by atoms with Crippen LogP contribution in [0.15, 0.2) is 0 Å². The molecule has 2 fully saturated rings. The van der Waals surface area contributed by atoms with E-state index in [1.807, 2.05) is 0 Å². The Kier molecular flexibility index (Phi) is 3.70. The van der Waals surface area contributed by atoms with Gasteiger partial charge >= 0.3 is 0 Å². The molecule has 0 aromatic carbocycles. The third-order valence-corrected chi connectivity index (χ3v) is 4.88. The van der Waals surface area contributed by atoms with E-state index in [9.17, 15) is 4.79 Å². The highest BCUT2D eigenvalue weighted by molar-refractivity contribution is 5.89. The maximum Gasteiger partial charge on any atom is 0.241 e. The second-order valence-electron chi connectivity index (χ2n) is 6.24. The van der Waals surface area contributed by atoms with E-state index in [1.54, 1.807) is 0 Å². The van der Waals surface area contributed by atoms with Crippen molar-refractivity contribution in [2.24, 2.45) is 17.1 Å². The van der Waals surface area contributed by atoms with Gasteiger partial charge in [-0.3, -0.25) is 4.79 Å². The van der Waals surface area contributed by atoms with Crippen molar-refractivity contribution in [3.63, 3.8) is 0 Å². The molecular formula is C14H26N2O2. The molecule has 4 heteroatoms. The molecule has 3 unspecified atom stereocenters. The van der Waals surface area contributed by atoms with Crippen LogP contribution in [0.4, 0.5) is 0 Å². The van der Waals surface area contributed by atoms with Crippen LogP contribution >= 0.6 is 0 Å². The molecule has 1 amide bonds. The molecule has 2 aliphatic rings. The first kappa shape index (κ1) is 13.8. The van der Waals surface area contributed by atoms with Crippen LogP contribution in [0.2, 0.25) is 0 Å². The first-order chi connectivity index (χ1) is 8.46. The van der Waals surface area contributed by atoms with Gasteiger partial charge in [-0.25, -0.2) is 0 Å². The number of fused-ring (bicyclic) bond motifs is 1. The maximum atomic E-state index is 12.4. The van der Waals surface area contributed by atoms with Crippen molar-refractivity contribution in [1.29, 1.82) is 0 Å². The first-order valence-corrected chi connectivity index (χ1v) is 7.15. The van der Waals surface area contributed by atoms with Gasteiger partial charge in [0.25, 0.3) is 0 Å². The molecule has 0 aromatic heterocycles. The minimum Gasteiger partial charge on any atom is -0.377 e. The molecule has 0 spiro atoms. The number of ether oxygens (including phenoxy) is 1. The standard InChI is InChI=1S/C14H26N2O2/c1-4-5-8-16-12(17)14(15)10-7-6-9-18-11(10)13(14,2)3/h10-11H,4-9,15H2,1-3H3,(H,16,17). The molecule has 1 aliphatic carbocycles. The lowest BCUT2D eigenvalue weighted by atomic mass is 9.46. The van der Waals surface area contributed by atoms with Crippen molar-refractivity contribution in [2.45, 2.75) is 58.1 Å². The minimum atomic E-state index is -0.758. The summed E-state index contributed by atoms with van der Waals surface area (Å²) in [6, 6.07) is 0. The fraction of sp³-hybridized carbons (Fsp3) is 0.929. The summed E-state index contributed by atoms with van der Waals surface area (Å²) in [5.41, 5.74) is 5.44. The van der Waals surface area contributed by atoms with Crippen LogP contribution in [0.25, 0.3) is 0 Å². The Bertz CT molecular complexity index is 330. The van der Waals surface area contributed by atoms with E-state index in [2.05, 4.69) is 26.1 Å². The normalized spacial score (nSPS) is 37.6. The number of amides is 1. The maximum absolute atomic E-state index is 12.4.